The van der Waals surface area contributed by atoms with E-state index in [0.29, 0.717) is 63.9 Å². The van der Waals surface area contributed by atoms with E-state index >= 15 is 0 Å². The first-order chi connectivity index (χ1) is 11.7. The number of para-hydroxylation sites is 1. The standard InChI is InChI=1S/C17H21N3O4/c21-15-13-3-1-2-4-14(13)18-16(22)17(15,19-5-9-23-10-6-19)20-7-11-24-12-8-20/h1-4H,5-12H2,(H,18,22)/p+2. The monoisotopic (exact) mass is 333 g/mol. The van der Waals surface area contributed by atoms with Gasteiger partial charge in [0.15, 0.2) is 0 Å². The van der Waals surface area contributed by atoms with Gasteiger partial charge in [-0.2, -0.15) is 0 Å². The zero-order chi connectivity index (χ0) is 16.6. The van der Waals surface area contributed by atoms with Crippen LogP contribution in [0.15, 0.2) is 24.3 Å². The molecule has 3 aliphatic rings. The molecule has 0 aliphatic carbocycles. The zero-order valence-electron chi connectivity index (χ0n) is 13.6. The van der Waals surface area contributed by atoms with E-state index in [1.807, 2.05) is 18.2 Å². The number of anilines is 1. The summed E-state index contributed by atoms with van der Waals surface area (Å²) in [7, 11) is 0. The lowest BCUT2D eigenvalue weighted by atomic mass is 9.87. The number of amides is 1. The highest BCUT2D eigenvalue weighted by Gasteiger charge is 2.66. The van der Waals surface area contributed by atoms with Crippen LogP contribution in [0.25, 0.3) is 0 Å². The summed E-state index contributed by atoms with van der Waals surface area (Å²) < 4.78 is 10.9. The molecule has 1 aromatic carbocycles. The SMILES string of the molecule is O=C1Nc2ccccc2C(=O)C1([NH+]1CCOCC1)[NH+]1CCOCC1. The lowest BCUT2D eigenvalue weighted by molar-refractivity contribution is -1.13. The number of quaternary nitrogens is 2. The number of morpholine rings is 2. The summed E-state index contributed by atoms with van der Waals surface area (Å²) in [5.41, 5.74) is 0.0839. The van der Waals surface area contributed by atoms with Crippen LogP contribution in [0.4, 0.5) is 5.69 Å². The summed E-state index contributed by atoms with van der Waals surface area (Å²) >= 11 is 0. The minimum Gasteiger partial charge on any atom is -0.370 e. The Balaban J connectivity index is 1.82. The number of rotatable bonds is 2. The number of benzene rings is 1. The Morgan fingerprint density at radius 2 is 1.42 bits per heavy atom. The van der Waals surface area contributed by atoms with E-state index in [9.17, 15) is 9.59 Å². The van der Waals surface area contributed by atoms with Crippen LogP contribution in [0.5, 0.6) is 0 Å². The zero-order valence-corrected chi connectivity index (χ0v) is 13.6. The summed E-state index contributed by atoms with van der Waals surface area (Å²) in [5.74, 6) is -0.268. The van der Waals surface area contributed by atoms with Crippen molar-refractivity contribution in [3.63, 3.8) is 0 Å². The van der Waals surface area contributed by atoms with Gasteiger partial charge >= 0.3 is 11.6 Å². The second-order valence-corrected chi connectivity index (χ2v) is 6.51. The second kappa shape index (κ2) is 6.25. The first-order valence-electron chi connectivity index (χ1n) is 8.55. The minimum absolute atomic E-state index is 0.0735. The van der Waals surface area contributed by atoms with Gasteiger partial charge in [0.05, 0.1) is 37.7 Å². The number of hydrogen-bond acceptors (Lipinski definition) is 4. The molecule has 7 nitrogen and oxygen atoms in total. The predicted molar refractivity (Wildman–Crippen MR) is 85.2 cm³/mol. The molecule has 24 heavy (non-hydrogen) atoms. The number of carbonyl (C=O) groups excluding carboxylic acids is 2. The maximum atomic E-state index is 13.6. The summed E-state index contributed by atoms with van der Waals surface area (Å²) in [6.07, 6.45) is 0. The van der Waals surface area contributed by atoms with Crippen LogP contribution in [0.2, 0.25) is 0 Å². The van der Waals surface area contributed by atoms with Gasteiger partial charge in [-0.05, 0) is 12.1 Å². The summed E-state index contributed by atoms with van der Waals surface area (Å²) in [5, 5.41) is 2.99. The van der Waals surface area contributed by atoms with Crippen molar-refractivity contribution in [1.82, 2.24) is 0 Å². The van der Waals surface area contributed by atoms with Gasteiger partial charge in [0, 0.05) is 0 Å². The third-order valence-electron chi connectivity index (χ3n) is 5.35. The van der Waals surface area contributed by atoms with Crippen LogP contribution >= 0.6 is 0 Å². The first kappa shape index (κ1) is 15.7. The van der Waals surface area contributed by atoms with Crippen molar-refractivity contribution in [1.29, 1.82) is 0 Å². The molecule has 0 spiro atoms. The molecular weight excluding hydrogens is 310 g/mol. The molecule has 1 aromatic rings. The summed E-state index contributed by atoms with van der Waals surface area (Å²) in [6, 6.07) is 7.29. The molecule has 2 saturated heterocycles. The lowest BCUT2D eigenvalue weighted by Gasteiger charge is -2.45. The maximum Gasteiger partial charge on any atom is 0.367 e. The molecule has 3 N–H and O–H groups in total. The van der Waals surface area contributed by atoms with E-state index in [2.05, 4.69) is 5.32 Å². The molecule has 1 amide bonds. The Kier molecular flexibility index (Phi) is 4.09. The minimum atomic E-state index is -1.14. The molecule has 0 saturated carbocycles. The van der Waals surface area contributed by atoms with Crippen LogP contribution in [-0.4, -0.2) is 70.0 Å². The summed E-state index contributed by atoms with van der Waals surface area (Å²) in [6.45, 7) is 4.92. The normalized spacial score (nSPS) is 25.2. The Morgan fingerprint density at radius 3 is 2.00 bits per heavy atom. The molecule has 2 fully saturated rings. The lowest BCUT2D eigenvalue weighted by Crippen LogP contribution is -3.45. The fraction of sp³-hybridized carbons (Fsp3) is 0.529. The largest absolute Gasteiger partial charge is 0.370 e. The van der Waals surface area contributed by atoms with Crippen molar-refractivity contribution in [2.24, 2.45) is 0 Å². The van der Waals surface area contributed by atoms with Gasteiger partial charge < -0.3 is 14.8 Å². The van der Waals surface area contributed by atoms with Crippen LogP contribution in [0, 0.1) is 0 Å². The number of nitrogens with one attached hydrogen (secondary N) is 3. The van der Waals surface area contributed by atoms with Crippen molar-refractivity contribution in [2.75, 3.05) is 57.9 Å². The number of hydrogen-bond donors (Lipinski definition) is 3. The number of ketones is 1. The summed E-state index contributed by atoms with van der Waals surface area (Å²) in [4.78, 5) is 28.8. The highest BCUT2D eigenvalue weighted by atomic mass is 16.5. The first-order valence-corrected chi connectivity index (χ1v) is 8.55. The highest BCUT2D eigenvalue weighted by molar-refractivity contribution is 6.24. The third kappa shape index (κ3) is 2.28. The number of Topliss-reactive ketones (excluding diaryl/α,β-unsaturated/α-hetero) is 1. The quantitative estimate of drug-likeness (QED) is 0.517. The van der Waals surface area contributed by atoms with Crippen LogP contribution in [0.1, 0.15) is 10.4 Å². The van der Waals surface area contributed by atoms with E-state index in [-0.39, 0.29) is 11.7 Å². The Hall–Kier alpha value is -1.80. The van der Waals surface area contributed by atoms with Gasteiger partial charge in [0.25, 0.3) is 5.78 Å². The average Bonchev–Trinajstić information content (AvgIpc) is 2.64. The van der Waals surface area contributed by atoms with Crippen LogP contribution in [0.3, 0.4) is 0 Å². The number of fused-ring (bicyclic) bond motifs is 1. The molecule has 0 radical (unpaired) electrons. The highest BCUT2D eigenvalue weighted by Crippen LogP contribution is 2.24. The van der Waals surface area contributed by atoms with Crippen molar-refractivity contribution < 1.29 is 28.9 Å². The van der Waals surface area contributed by atoms with E-state index in [0.717, 1.165) is 9.80 Å². The Morgan fingerprint density at radius 1 is 0.875 bits per heavy atom. The van der Waals surface area contributed by atoms with E-state index < -0.39 is 5.66 Å². The number of carbonyl (C=O) groups is 2. The molecule has 0 atom stereocenters. The third-order valence-corrected chi connectivity index (χ3v) is 5.35. The molecule has 3 aliphatic heterocycles. The van der Waals surface area contributed by atoms with Crippen molar-refractivity contribution in [3.8, 4) is 0 Å². The molecule has 0 aromatic heterocycles. The molecule has 7 heteroatoms. The average molecular weight is 333 g/mol. The fourth-order valence-corrected chi connectivity index (χ4v) is 4.19. The van der Waals surface area contributed by atoms with Gasteiger partial charge in [-0.1, -0.05) is 12.1 Å². The van der Waals surface area contributed by atoms with Crippen molar-refractivity contribution >= 4 is 17.4 Å². The second-order valence-electron chi connectivity index (χ2n) is 6.51. The predicted octanol–water partition coefficient (Wildman–Crippen LogP) is -2.65. The maximum absolute atomic E-state index is 13.6. The Labute approximate surface area is 140 Å². The van der Waals surface area contributed by atoms with Gasteiger partial charge in [-0.15, -0.1) is 0 Å². The Bertz CT molecular complexity index is 633. The molecule has 0 bridgehead atoms. The molecule has 128 valence electrons. The van der Waals surface area contributed by atoms with E-state index in [4.69, 9.17) is 9.47 Å². The smallest absolute Gasteiger partial charge is 0.367 e. The van der Waals surface area contributed by atoms with Gasteiger partial charge in [-0.25, -0.2) is 0 Å². The number of ether oxygens (including phenoxy) is 2. The van der Waals surface area contributed by atoms with Crippen LogP contribution in [-0.2, 0) is 14.3 Å². The van der Waals surface area contributed by atoms with Gasteiger partial charge in [-0.3, -0.25) is 19.4 Å². The van der Waals surface area contributed by atoms with Crippen molar-refractivity contribution in [3.05, 3.63) is 29.8 Å². The van der Waals surface area contributed by atoms with Crippen molar-refractivity contribution in [2.45, 2.75) is 5.66 Å². The molecular formula is C17H23N3O4+2. The molecule has 3 heterocycles. The molecule has 4 rings (SSSR count). The van der Waals surface area contributed by atoms with Crippen LogP contribution < -0.4 is 15.1 Å². The fourth-order valence-electron chi connectivity index (χ4n) is 4.19. The van der Waals surface area contributed by atoms with Gasteiger partial charge in [0.1, 0.15) is 26.2 Å². The van der Waals surface area contributed by atoms with E-state index in [1.165, 1.54) is 0 Å². The molecule has 0 unspecified atom stereocenters. The van der Waals surface area contributed by atoms with E-state index in [1.54, 1.807) is 6.07 Å². The topological polar surface area (TPSA) is 73.5 Å². The van der Waals surface area contributed by atoms with Gasteiger partial charge in [0.2, 0.25) is 0 Å².